The zero-order chi connectivity index (χ0) is 28.3. The minimum atomic E-state index is -0.662. The van der Waals surface area contributed by atoms with Gasteiger partial charge in [-0.1, -0.05) is 66.7 Å². The summed E-state index contributed by atoms with van der Waals surface area (Å²) in [5, 5.41) is 4.89. The first-order chi connectivity index (χ1) is 19.2. The number of rotatable bonds is 7. The topological polar surface area (TPSA) is 118 Å². The Kier molecular flexibility index (Phi) is 7.53. The van der Waals surface area contributed by atoms with Gasteiger partial charge in [0.25, 0.3) is 0 Å². The molecule has 0 fully saturated rings. The summed E-state index contributed by atoms with van der Waals surface area (Å²) < 4.78 is 12.8. The molecule has 8 heteroatoms. The van der Waals surface area contributed by atoms with Crippen LogP contribution in [0.3, 0.4) is 0 Å². The molecule has 2 heterocycles. The molecule has 0 aliphatic heterocycles. The van der Waals surface area contributed by atoms with Gasteiger partial charge in [0.1, 0.15) is 18.0 Å². The average molecular weight is 536 g/mol. The first kappa shape index (κ1) is 26.9. The molecule has 5 aromatic rings. The summed E-state index contributed by atoms with van der Waals surface area (Å²) in [5.41, 5.74) is 17.1. The van der Waals surface area contributed by atoms with Crippen LogP contribution in [-0.4, -0.2) is 39.1 Å². The Morgan fingerprint density at radius 3 is 2.35 bits per heavy atom. The van der Waals surface area contributed by atoms with Crippen molar-refractivity contribution in [2.45, 2.75) is 38.8 Å². The number of carbonyl (C=O) groups is 1. The summed E-state index contributed by atoms with van der Waals surface area (Å²) in [6.07, 6.45) is 1.84. The standard InChI is InChI=1S/C32H33N5O3/c1-32(2,3)40-31(38)37-28-15-14-23(17-27(28)30(34)36-37)26-18-25(19-35-29(26)22-12-8-5-9-13-22)39-20-24(33)16-21-10-6-4-7-11-21/h4-15,17-19,24H,16,20,33H2,1-3H3,(H2,34,36)/t24-/m0/s1. The molecule has 5 rings (SSSR count). The number of hydrogen-bond donors (Lipinski definition) is 2. The summed E-state index contributed by atoms with van der Waals surface area (Å²) in [5.74, 6) is 0.840. The highest BCUT2D eigenvalue weighted by atomic mass is 16.6. The SMILES string of the molecule is CC(C)(C)OC(=O)n1nc(N)c2cc(-c3cc(OC[C@@H](N)Cc4ccccc4)cnc3-c3ccccc3)ccc21. The molecule has 0 saturated heterocycles. The van der Waals surface area contributed by atoms with Gasteiger partial charge in [0.2, 0.25) is 0 Å². The van der Waals surface area contributed by atoms with Crippen molar-refractivity contribution >= 4 is 22.8 Å². The summed E-state index contributed by atoms with van der Waals surface area (Å²) in [6, 6.07) is 27.5. The Hall–Kier alpha value is -4.69. The highest BCUT2D eigenvalue weighted by Gasteiger charge is 2.22. The van der Waals surface area contributed by atoms with E-state index in [9.17, 15) is 4.79 Å². The van der Waals surface area contributed by atoms with Gasteiger partial charge in [0.15, 0.2) is 5.82 Å². The Morgan fingerprint density at radius 2 is 1.65 bits per heavy atom. The van der Waals surface area contributed by atoms with E-state index >= 15 is 0 Å². The van der Waals surface area contributed by atoms with Crippen LogP contribution < -0.4 is 16.2 Å². The fraction of sp³-hybridized carbons (Fsp3) is 0.219. The van der Waals surface area contributed by atoms with Gasteiger partial charge >= 0.3 is 6.09 Å². The van der Waals surface area contributed by atoms with Crippen LogP contribution >= 0.6 is 0 Å². The number of nitrogens with two attached hydrogens (primary N) is 2. The number of ether oxygens (including phenoxy) is 2. The van der Waals surface area contributed by atoms with Crippen molar-refractivity contribution in [3.05, 3.63) is 96.7 Å². The van der Waals surface area contributed by atoms with Crippen LogP contribution in [0.25, 0.3) is 33.3 Å². The lowest BCUT2D eigenvalue weighted by Crippen LogP contribution is -2.30. The minimum absolute atomic E-state index is 0.172. The second kappa shape index (κ2) is 11.2. The van der Waals surface area contributed by atoms with E-state index in [4.69, 9.17) is 25.9 Å². The smallest absolute Gasteiger partial charge is 0.435 e. The molecule has 0 aliphatic rings. The highest BCUT2D eigenvalue weighted by Crippen LogP contribution is 2.36. The Bertz CT molecular complexity index is 1630. The monoisotopic (exact) mass is 535 g/mol. The number of carbonyl (C=O) groups excluding carboxylic acids is 1. The molecule has 0 aliphatic carbocycles. The third kappa shape index (κ3) is 6.13. The molecule has 8 nitrogen and oxygen atoms in total. The molecule has 4 N–H and O–H groups in total. The minimum Gasteiger partial charge on any atom is -0.490 e. The molecule has 0 bridgehead atoms. The van der Waals surface area contributed by atoms with E-state index in [1.165, 1.54) is 4.68 Å². The number of hydrogen-bond acceptors (Lipinski definition) is 7. The largest absolute Gasteiger partial charge is 0.490 e. The van der Waals surface area contributed by atoms with E-state index in [0.717, 1.165) is 27.9 Å². The van der Waals surface area contributed by atoms with Gasteiger partial charge in [-0.25, -0.2) is 4.79 Å². The second-order valence-electron chi connectivity index (χ2n) is 10.7. The maximum Gasteiger partial charge on any atom is 0.435 e. The molecule has 0 saturated carbocycles. The molecule has 40 heavy (non-hydrogen) atoms. The second-order valence-corrected chi connectivity index (χ2v) is 10.7. The molecule has 2 aromatic heterocycles. The third-order valence-corrected chi connectivity index (χ3v) is 6.30. The lowest BCUT2D eigenvalue weighted by Gasteiger charge is -2.19. The number of benzene rings is 3. The van der Waals surface area contributed by atoms with E-state index in [0.29, 0.717) is 29.7 Å². The number of fused-ring (bicyclic) bond motifs is 1. The predicted octanol–water partition coefficient (Wildman–Crippen LogP) is 6.08. The van der Waals surface area contributed by atoms with Crippen LogP contribution in [0.5, 0.6) is 5.75 Å². The van der Waals surface area contributed by atoms with Gasteiger partial charge in [-0.2, -0.15) is 4.68 Å². The molecular weight excluding hydrogens is 502 g/mol. The highest BCUT2D eigenvalue weighted by molar-refractivity contribution is 5.98. The maximum atomic E-state index is 12.8. The van der Waals surface area contributed by atoms with Crippen molar-refractivity contribution in [2.24, 2.45) is 5.73 Å². The molecule has 0 radical (unpaired) electrons. The fourth-order valence-corrected chi connectivity index (χ4v) is 4.50. The number of aromatic nitrogens is 3. The molecule has 1 atom stereocenters. The lowest BCUT2D eigenvalue weighted by atomic mass is 9.98. The predicted molar refractivity (Wildman–Crippen MR) is 158 cm³/mol. The van der Waals surface area contributed by atoms with Gasteiger partial charge in [0, 0.05) is 22.6 Å². The first-order valence-corrected chi connectivity index (χ1v) is 13.2. The van der Waals surface area contributed by atoms with Gasteiger partial charge in [-0.3, -0.25) is 4.98 Å². The van der Waals surface area contributed by atoms with E-state index in [1.807, 2.05) is 72.8 Å². The van der Waals surface area contributed by atoms with Crippen molar-refractivity contribution in [3.8, 4) is 28.1 Å². The third-order valence-electron chi connectivity index (χ3n) is 6.30. The van der Waals surface area contributed by atoms with Gasteiger partial charge in [0.05, 0.1) is 17.4 Å². The summed E-state index contributed by atoms with van der Waals surface area (Å²) in [6.45, 7) is 5.76. The zero-order valence-electron chi connectivity index (χ0n) is 22.9. The van der Waals surface area contributed by atoms with E-state index in [1.54, 1.807) is 27.0 Å². The van der Waals surface area contributed by atoms with Crippen molar-refractivity contribution in [1.82, 2.24) is 14.8 Å². The number of nitrogens with zero attached hydrogens (tertiary/aromatic N) is 3. The Morgan fingerprint density at radius 1 is 0.950 bits per heavy atom. The van der Waals surface area contributed by atoms with Gasteiger partial charge in [-0.05, 0) is 56.5 Å². The molecular formula is C32H33N5O3. The van der Waals surface area contributed by atoms with Crippen molar-refractivity contribution < 1.29 is 14.3 Å². The van der Waals surface area contributed by atoms with Crippen molar-refractivity contribution in [1.29, 1.82) is 0 Å². The van der Waals surface area contributed by atoms with Crippen LogP contribution in [0.1, 0.15) is 26.3 Å². The number of pyridine rings is 1. The van der Waals surface area contributed by atoms with Crippen LogP contribution in [0.4, 0.5) is 10.6 Å². The lowest BCUT2D eigenvalue weighted by molar-refractivity contribution is 0.0523. The first-order valence-electron chi connectivity index (χ1n) is 13.2. The molecule has 204 valence electrons. The average Bonchev–Trinajstić information content (AvgIpc) is 3.28. The quantitative estimate of drug-likeness (QED) is 0.259. The van der Waals surface area contributed by atoms with Crippen molar-refractivity contribution in [3.63, 3.8) is 0 Å². The Labute approximate surface area is 233 Å². The fourth-order valence-electron chi connectivity index (χ4n) is 4.50. The van der Waals surface area contributed by atoms with Gasteiger partial charge in [-0.15, -0.1) is 5.10 Å². The molecule has 0 spiro atoms. The van der Waals surface area contributed by atoms with Crippen molar-refractivity contribution in [2.75, 3.05) is 12.3 Å². The van der Waals surface area contributed by atoms with E-state index in [2.05, 4.69) is 17.2 Å². The number of anilines is 1. The summed E-state index contributed by atoms with van der Waals surface area (Å²) in [7, 11) is 0. The molecule has 3 aromatic carbocycles. The summed E-state index contributed by atoms with van der Waals surface area (Å²) in [4.78, 5) is 17.5. The normalized spacial score (nSPS) is 12.3. The van der Waals surface area contributed by atoms with E-state index < -0.39 is 11.7 Å². The maximum absolute atomic E-state index is 12.8. The Balaban J connectivity index is 1.48. The number of nitrogen functional groups attached to an aromatic ring is 1. The van der Waals surface area contributed by atoms with Crippen LogP contribution in [-0.2, 0) is 11.2 Å². The van der Waals surface area contributed by atoms with E-state index in [-0.39, 0.29) is 11.9 Å². The summed E-state index contributed by atoms with van der Waals surface area (Å²) >= 11 is 0. The molecule has 0 unspecified atom stereocenters. The van der Waals surface area contributed by atoms with Crippen LogP contribution in [0, 0.1) is 0 Å². The van der Waals surface area contributed by atoms with Gasteiger partial charge < -0.3 is 20.9 Å². The molecule has 0 amide bonds. The zero-order valence-corrected chi connectivity index (χ0v) is 22.9. The van der Waals surface area contributed by atoms with Crippen LogP contribution in [0.15, 0.2) is 91.1 Å². The van der Waals surface area contributed by atoms with Crippen LogP contribution in [0.2, 0.25) is 0 Å².